The van der Waals surface area contributed by atoms with Crippen molar-refractivity contribution in [1.29, 1.82) is 0 Å². The summed E-state index contributed by atoms with van der Waals surface area (Å²) in [6, 6.07) is 5.86. The third-order valence-corrected chi connectivity index (χ3v) is 2.69. The molecule has 0 amide bonds. The molecule has 0 radical (unpaired) electrons. The van der Waals surface area contributed by atoms with Crippen molar-refractivity contribution in [2.75, 3.05) is 6.54 Å². The van der Waals surface area contributed by atoms with Gasteiger partial charge >= 0.3 is 0 Å². The van der Waals surface area contributed by atoms with Crippen LogP contribution in [0.25, 0.3) is 11.4 Å². The van der Waals surface area contributed by atoms with Crippen LogP contribution < -0.4 is 5.73 Å². The van der Waals surface area contributed by atoms with Crippen molar-refractivity contribution < 1.29 is 0 Å². The first-order chi connectivity index (χ1) is 8.40. The van der Waals surface area contributed by atoms with Gasteiger partial charge in [0.25, 0.3) is 0 Å². The van der Waals surface area contributed by atoms with Crippen LogP contribution in [-0.2, 0) is 6.42 Å². The van der Waals surface area contributed by atoms with Crippen LogP contribution in [0.2, 0.25) is 0 Å². The number of pyridine rings is 1. The molecule has 2 heterocycles. The molecule has 2 rings (SSSR count). The van der Waals surface area contributed by atoms with E-state index in [9.17, 15) is 0 Å². The van der Waals surface area contributed by atoms with Gasteiger partial charge in [-0.25, -0.2) is 4.98 Å². The van der Waals surface area contributed by atoms with Gasteiger partial charge in [0.05, 0.1) is 17.6 Å². The summed E-state index contributed by atoms with van der Waals surface area (Å²) in [7, 11) is 0. The van der Waals surface area contributed by atoms with Gasteiger partial charge < -0.3 is 10.7 Å². The molecule has 2 aromatic rings. The second-order valence-corrected chi connectivity index (χ2v) is 4.06. The molecule has 17 heavy (non-hydrogen) atoms. The van der Waals surface area contributed by atoms with Gasteiger partial charge in [0.2, 0.25) is 0 Å². The zero-order valence-electron chi connectivity index (χ0n) is 9.89. The summed E-state index contributed by atoms with van der Waals surface area (Å²) in [6.07, 6.45) is 8.00. The first kappa shape index (κ1) is 11.8. The lowest BCUT2D eigenvalue weighted by Gasteiger charge is -1.97. The van der Waals surface area contributed by atoms with Crippen molar-refractivity contribution in [3.8, 4) is 11.4 Å². The highest BCUT2D eigenvalue weighted by Gasteiger charge is 2.03. The van der Waals surface area contributed by atoms with Gasteiger partial charge in [-0.05, 0) is 31.5 Å². The Morgan fingerprint density at radius 1 is 1.12 bits per heavy atom. The third kappa shape index (κ3) is 3.39. The van der Waals surface area contributed by atoms with Crippen molar-refractivity contribution in [1.82, 2.24) is 15.0 Å². The van der Waals surface area contributed by atoms with Crippen LogP contribution >= 0.6 is 0 Å². The summed E-state index contributed by atoms with van der Waals surface area (Å²) in [5, 5.41) is 0. The lowest BCUT2D eigenvalue weighted by atomic mass is 10.2. The molecule has 90 valence electrons. The topological polar surface area (TPSA) is 67.6 Å². The number of rotatable bonds is 6. The molecule has 0 fully saturated rings. The van der Waals surface area contributed by atoms with Crippen LogP contribution in [0.1, 0.15) is 25.1 Å². The van der Waals surface area contributed by atoms with Crippen molar-refractivity contribution in [3.05, 3.63) is 36.4 Å². The third-order valence-electron chi connectivity index (χ3n) is 2.69. The molecule has 0 aliphatic heterocycles. The van der Waals surface area contributed by atoms with E-state index in [1.807, 2.05) is 24.4 Å². The Morgan fingerprint density at radius 3 is 2.82 bits per heavy atom. The Hall–Kier alpha value is -1.68. The molecule has 0 aliphatic carbocycles. The van der Waals surface area contributed by atoms with Crippen molar-refractivity contribution >= 4 is 0 Å². The van der Waals surface area contributed by atoms with E-state index < -0.39 is 0 Å². The number of nitrogens with two attached hydrogens (primary N) is 1. The van der Waals surface area contributed by atoms with Gasteiger partial charge in [0.1, 0.15) is 5.82 Å². The first-order valence-corrected chi connectivity index (χ1v) is 6.05. The number of H-pyrrole nitrogens is 1. The van der Waals surface area contributed by atoms with Crippen molar-refractivity contribution in [2.45, 2.75) is 25.7 Å². The number of nitrogens with zero attached hydrogens (tertiary/aromatic N) is 2. The van der Waals surface area contributed by atoms with Crippen LogP contribution in [0.15, 0.2) is 30.6 Å². The minimum absolute atomic E-state index is 0.775. The van der Waals surface area contributed by atoms with Crippen molar-refractivity contribution in [2.24, 2.45) is 5.73 Å². The number of hydrogen-bond donors (Lipinski definition) is 2. The fourth-order valence-electron chi connectivity index (χ4n) is 1.76. The minimum Gasteiger partial charge on any atom is -0.341 e. The smallest absolute Gasteiger partial charge is 0.106 e. The second kappa shape index (κ2) is 6.15. The summed E-state index contributed by atoms with van der Waals surface area (Å²) in [5.74, 6) is 1.03. The fraction of sp³-hybridized carbons (Fsp3) is 0.385. The predicted molar refractivity (Wildman–Crippen MR) is 68.4 cm³/mol. The number of hydrogen-bond acceptors (Lipinski definition) is 3. The van der Waals surface area contributed by atoms with E-state index >= 15 is 0 Å². The molecule has 4 heteroatoms. The van der Waals surface area contributed by atoms with Gasteiger partial charge in [-0.15, -0.1) is 0 Å². The normalized spacial score (nSPS) is 10.6. The maximum absolute atomic E-state index is 5.46. The van der Waals surface area contributed by atoms with E-state index in [2.05, 4.69) is 15.0 Å². The Balaban J connectivity index is 1.92. The highest BCUT2D eigenvalue weighted by Crippen LogP contribution is 2.14. The number of unbranched alkanes of at least 4 members (excludes halogenated alkanes) is 2. The number of imidazole rings is 1. The maximum Gasteiger partial charge on any atom is 0.106 e. The molecule has 4 nitrogen and oxygen atoms in total. The van der Waals surface area contributed by atoms with Gasteiger partial charge in [0, 0.05) is 12.6 Å². The van der Waals surface area contributed by atoms with Gasteiger partial charge in [-0.1, -0.05) is 12.5 Å². The lowest BCUT2D eigenvalue weighted by molar-refractivity contribution is 0.673. The van der Waals surface area contributed by atoms with E-state index in [1.165, 1.54) is 0 Å². The zero-order valence-corrected chi connectivity index (χ0v) is 9.89. The molecule has 0 aliphatic rings. The average Bonchev–Trinajstić information content (AvgIpc) is 2.85. The average molecular weight is 230 g/mol. The Morgan fingerprint density at radius 2 is 2.06 bits per heavy atom. The van der Waals surface area contributed by atoms with E-state index in [4.69, 9.17) is 5.73 Å². The Labute approximate surface area is 101 Å². The summed E-state index contributed by atoms with van der Waals surface area (Å²) < 4.78 is 0. The number of aromatic amines is 1. The summed E-state index contributed by atoms with van der Waals surface area (Å²) in [5.41, 5.74) is 7.38. The molecule has 0 bridgehead atoms. The first-order valence-electron chi connectivity index (χ1n) is 6.05. The van der Waals surface area contributed by atoms with Crippen LogP contribution in [0.4, 0.5) is 0 Å². The largest absolute Gasteiger partial charge is 0.341 e. The summed E-state index contributed by atoms with van der Waals surface area (Å²) >= 11 is 0. The molecular weight excluding hydrogens is 212 g/mol. The van der Waals surface area contributed by atoms with E-state index in [1.54, 1.807) is 6.20 Å². The van der Waals surface area contributed by atoms with Gasteiger partial charge in [-0.3, -0.25) is 4.98 Å². The minimum atomic E-state index is 0.775. The number of aromatic nitrogens is 3. The zero-order chi connectivity index (χ0) is 11.9. The van der Waals surface area contributed by atoms with E-state index in [0.717, 1.165) is 49.4 Å². The molecular formula is C13H18N4. The number of aryl methyl sites for hydroxylation is 1. The SMILES string of the molecule is NCCCCCc1ncc(-c2ccccn2)[nH]1. The summed E-state index contributed by atoms with van der Waals surface area (Å²) in [6.45, 7) is 0.775. The van der Waals surface area contributed by atoms with E-state index in [-0.39, 0.29) is 0 Å². The lowest BCUT2D eigenvalue weighted by Crippen LogP contribution is -1.98. The molecule has 0 aromatic carbocycles. The molecule has 0 spiro atoms. The van der Waals surface area contributed by atoms with Crippen LogP contribution in [0.5, 0.6) is 0 Å². The molecule has 0 unspecified atom stereocenters. The summed E-state index contributed by atoms with van der Waals surface area (Å²) in [4.78, 5) is 11.9. The fourth-order valence-corrected chi connectivity index (χ4v) is 1.76. The number of nitrogens with one attached hydrogen (secondary N) is 1. The molecule has 0 saturated heterocycles. The Bertz CT molecular complexity index is 436. The maximum atomic E-state index is 5.46. The second-order valence-electron chi connectivity index (χ2n) is 4.06. The highest BCUT2D eigenvalue weighted by molar-refractivity contribution is 5.52. The Kier molecular flexibility index (Phi) is 4.27. The molecule has 3 N–H and O–H groups in total. The predicted octanol–water partition coefficient (Wildman–Crippen LogP) is 2.14. The van der Waals surface area contributed by atoms with Crippen LogP contribution in [0, 0.1) is 0 Å². The molecule has 0 saturated carbocycles. The molecule has 0 atom stereocenters. The van der Waals surface area contributed by atoms with Crippen LogP contribution in [0.3, 0.4) is 0 Å². The quantitative estimate of drug-likeness (QED) is 0.747. The monoisotopic (exact) mass is 230 g/mol. The molecule has 2 aromatic heterocycles. The van der Waals surface area contributed by atoms with Crippen LogP contribution in [-0.4, -0.2) is 21.5 Å². The van der Waals surface area contributed by atoms with E-state index in [0.29, 0.717) is 0 Å². The van der Waals surface area contributed by atoms with Gasteiger partial charge in [-0.2, -0.15) is 0 Å². The van der Waals surface area contributed by atoms with Crippen molar-refractivity contribution in [3.63, 3.8) is 0 Å². The highest BCUT2D eigenvalue weighted by atomic mass is 14.9. The standard InChI is InChI=1S/C13H18N4/c14-8-4-1-2-7-13-16-10-12(17-13)11-6-3-5-9-15-11/h3,5-6,9-10H,1-2,4,7-8,14H2,(H,16,17). The van der Waals surface area contributed by atoms with Gasteiger partial charge in [0.15, 0.2) is 0 Å².